The maximum Gasteiger partial charge on any atom is 0.187 e. The highest BCUT2D eigenvalue weighted by atomic mass is 32.1. The van der Waals surface area contributed by atoms with Crippen LogP contribution in [-0.2, 0) is 6.42 Å². The first kappa shape index (κ1) is 23.3. The average molecular weight is 508 g/mol. The number of aromatic nitrogens is 6. The molecule has 10 nitrogen and oxygen atoms in total. The molecule has 0 bridgehead atoms. The number of aliphatic hydroxyl groups excluding tert-OH is 2. The molecule has 0 amide bonds. The van der Waals surface area contributed by atoms with Gasteiger partial charge in [0.05, 0.1) is 30.6 Å². The Morgan fingerprint density at radius 3 is 2.72 bits per heavy atom. The molecule has 5 heterocycles. The SMILES string of the molecule is CC(O)C(O)N1CC(n2cc(-c3ccc4c(c3)OCCc3sc(-c5ncnn5C(C)C)nc3-4)cn2)C1. The molecule has 2 unspecified atom stereocenters. The molecule has 1 fully saturated rings. The normalized spacial score (nSPS) is 17.7. The molecule has 1 saturated heterocycles. The lowest BCUT2D eigenvalue weighted by Gasteiger charge is -2.42. The van der Waals surface area contributed by atoms with E-state index in [1.54, 1.807) is 24.6 Å². The molecule has 2 atom stereocenters. The van der Waals surface area contributed by atoms with Crippen molar-refractivity contribution < 1.29 is 14.9 Å². The lowest BCUT2D eigenvalue weighted by atomic mass is 10.0. The summed E-state index contributed by atoms with van der Waals surface area (Å²) < 4.78 is 9.98. The van der Waals surface area contributed by atoms with Crippen molar-refractivity contribution in [2.75, 3.05) is 19.7 Å². The number of rotatable bonds is 6. The summed E-state index contributed by atoms with van der Waals surface area (Å²) in [5.74, 6) is 1.61. The fraction of sp³-hybridized carbons (Fsp3) is 0.440. The van der Waals surface area contributed by atoms with E-state index >= 15 is 0 Å². The third kappa shape index (κ3) is 4.01. The minimum absolute atomic E-state index is 0.174. The van der Waals surface area contributed by atoms with Crippen LogP contribution in [0.2, 0.25) is 0 Å². The molecule has 188 valence electrons. The third-order valence-corrected chi connectivity index (χ3v) is 7.89. The zero-order chi connectivity index (χ0) is 25.0. The molecular weight excluding hydrogens is 478 g/mol. The standard InChI is InChI=1S/C25H29N7O3S/c1-14(2)32-23(26-13-28-32)24-29-22-19-5-4-16(8-20(19)35-7-6-21(22)36-24)17-9-27-31(10-17)18-11-30(12-18)25(34)15(3)33/h4-5,8-10,13-15,18,25,33-34H,6-7,11-12H2,1-3H3. The minimum Gasteiger partial charge on any atom is -0.492 e. The van der Waals surface area contributed by atoms with Gasteiger partial charge in [-0.3, -0.25) is 9.58 Å². The summed E-state index contributed by atoms with van der Waals surface area (Å²) in [6, 6.07) is 6.60. The summed E-state index contributed by atoms with van der Waals surface area (Å²) in [6.07, 6.45) is 4.65. The summed E-state index contributed by atoms with van der Waals surface area (Å²) in [5.41, 5.74) is 3.97. The number of ether oxygens (including phenoxy) is 1. The van der Waals surface area contributed by atoms with Crippen LogP contribution in [0.25, 0.3) is 33.2 Å². The molecule has 0 saturated carbocycles. The van der Waals surface area contributed by atoms with Crippen molar-refractivity contribution in [1.29, 1.82) is 0 Å². The van der Waals surface area contributed by atoms with Crippen LogP contribution in [-0.4, -0.2) is 76.7 Å². The van der Waals surface area contributed by atoms with E-state index in [1.165, 1.54) is 4.88 Å². The Bertz CT molecular complexity index is 1390. The van der Waals surface area contributed by atoms with Gasteiger partial charge in [-0.1, -0.05) is 6.07 Å². The van der Waals surface area contributed by atoms with Crippen LogP contribution < -0.4 is 4.74 Å². The van der Waals surface area contributed by atoms with Gasteiger partial charge in [-0.15, -0.1) is 11.3 Å². The molecule has 2 N–H and O–H groups in total. The van der Waals surface area contributed by atoms with Gasteiger partial charge in [-0.25, -0.2) is 14.6 Å². The minimum atomic E-state index is -0.837. The first-order valence-electron chi connectivity index (χ1n) is 12.2. The van der Waals surface area contributed by atoms with Crippen LogP contribution in [0.5, 0.6) is 5.75 Å². The van der Waals surface area contributed by atoms with Gasteiger partial charge in [-0.05, 0) is 38.5 Å². The van der Waals surface area contributed by atoms with Gasteiger partial charge < -0.3 is 14.9 Å². The molecule has 3 aromatic heterocycles. The summed E-state index contributed by atoms with van der Waals surface area (Å²) in [4.78, 5) is 12.5. The molecule has 2 aliphatic rings. The van der Waals surface area contributed by atoms with Gasteiger partial charge in [0.15, 0.2) is 10.8 Å². The van der Waals surface area contributed by atoms with E-state index in [0.29, 0.717) is 19.7 Å². The van der Waals surface area contributed by atoms with E-state index in [2.05, 4.69) is 47.2 Å². The van der Waals surface area contributed by atoms with Crippen LogP contribution in [0.15, 0.2) is 36.9 Å². The summed E-state index contributed by atoms with van der Waals surface area (Å²) in [6.45, 7) is 7.66. The lowest BCUT2D eigenvalue weighted by Crippen LogP contribution is -2.55. The molecule has 0 aliphatic carbocycles. The molecule has 0 radical (unpaired) electrons. The number of benzene rings is 1. The molecule has 0 spiro atoms. The Labute approximate surface area is 212 Å². The number of fused-ring (bicyclic) bond motifs is 3. The largest absolute Gasteiger partial charge is 0.492 e. The van der Waals surface area contributed by atoms with E-state index in [0.717, 1.165) is 45.4 Å². The Hall–Kier alpha value is -3.12. The van der Waals surface area contributed by atoms with Gasteiger partial charge >= 0.3 is 0 Å². The highest BCUT2D eigenvalue weighted by Crippen LogP contribution is 2.41. The van der Waals surface area contributed by atoms with E-state index in [9.17, 15) is 10.2 Å². The van der Waals surface area contributed by atoms with Crippen LogP contribution in [0, 0.1) is 0 Å². The Morgan fingerprint density at radius 2 is 1.94 bits per heavy atom. The second-order valence-corrected chi connectivity index (χ2v) is 10.8. The fourth-order valence-corrected chi connectivity index (χ4v) is 5.79. The van der Waals surface area contributed by atoms with E-state index < -0.39 is 12.3 Å². The molecule has 4 aromatic rings. The summed E-state index contributed by atoms with van der Waals surface area (Å²) >= 11 is 1.66. The van der Waals surface area contributed by atoms with Gasteiger partial charge in [-0.2, -0.15) is 10.2 Å². The van der Waals surface area contributed by atoms with Crippen molar-refractivity contribution in [2.45, 2.75) is 51.6 Å². The monoisotopic (exact) mass is 507 g/mol. The fourth-order valence-electron chi connectivity index (χ4n) is 4.74. The number of hydrogen-bond donors (Lipinski definition) is 2. The molecule has 11 heteroatoms. The van der Waals surface area contributed by atoms with Crippen molar-refractivity contribution in [2.24, 2.45) is 0 Å². The third-order valence-electron chi connectivity index (χ3n) is 6.78. The summed E-state index contributed by atoms with van der Waals surface area (Å²) in [5, 5.41) is 29.4. The van der Waals surface area contributed by atoms with Crippen molar-refractivity contribution in [1.82, 2.24) is 34.4 Å². The van der Waals surface area contributed by atoms with Crippen molar-refractivity contribution in [3.05, 3.63) is 41.8 Å². The molecule has 36 heavy (non-hydrogen) atoms. The topological polar surface area (TPSA) is 114 Å². The van der Waals surface area contributed by atoms with Crippen LogP contribution >= 0.6 is 11.3 Å². The van der Waals surface area contributed by atoms with Gasteiger partial charge in [0.2, 0.25) is 0 Å². The van der Waals surface area contributed by atoms with Gasteiger partial charge in [0.1, 0.15) is 18.3 Å². The number of nitrogens with zero attached hydrogens (tertiary/aromatic N) is 7. The van der Waals surface area contributed by atoms with Crippen LogP contribution in [0.3, 0.4) is 0 Å². The Balaban J connectivity index is 1.25. The van der Waals surface area contributed by atoms with Crippen LogP contribution in [0.4, 0.5) is 0 Å². The zero-order valence-electron chi connectivity index (χ0n) is 20.4. The second kappa shape index (κ2) is 9.07. The lowest BCUT2D eigenvalue weighted by molar-refractivity contribution is -0.118. The smallest absolute Gasteiger partial charge is 0.187 e. The van der Waals surface area contributed by atoms with Crippen molar-refractivity contribution >= 4 is 11.3 Å². The second-order valence-electron chi connectivity index (χ2n) is 9.69. The van der Waals surface area contributed by atoms with Gasteiger partial charge in [0, 0.05) is 47.8 Å². The zero-order valence-corrected chi connectivity index (χ0v) is 21.3. The molecule has 1 aromatic carbocycles. The number of aliphatic hydroxyl groups is 2. The Morgan fingerprint density at radius 1 is 1.11 bits per heavy atom. The first-order chi connectivity index (χ1) is 17.4. The maximum atomic E-state index is 10.0. The van der Waals surface area contributed by atoms with E-state index in [-0.39, 0.29) is 12.1 Å². The highest BCUT2D eigenvalue weighted by molar-refractivity contribution is 7.15. The predicted molar refractivity (Wildman–Crippen MR) is 136 cm³/mol. The quantitative estimate of drug-likeness (QED) is 0.409. The first-order valence-corrected chi connectivity index (χ1v) is 13.0. The maximum absolute atomic E-state index is 10.0. The van der Waals surface area contributed by atoms with Gasteiger partial charge in [0.25, 0.3) is 0 Å². The highest BCUT2D eigenvalue weighted by Gasteiger charge is 2.35. The van der Waals surface area contributed by atoms with Crippen molar-refractivity contribution in [3.63, 3.8) is 0 Å². The van der Waals surface area contributed by atoms with E-state index in [1.807, 2.05) is 26.7 Å². The van der Waals surface area contributed by atoms with Crippen LogP contribution in [0.1, 0.15) is 37.7 Å². The molecule has 2 aliphatic heterocycles. The average Bonchev–Trinajstić information content (AvgIpc) is 3.56. The number of hydrogen-bond acceptors (Lipinski definition) is 9. The van der Waals surface area contributed by atoms with Crippen molar-refractivity contribution in [3.8, 4) is 39.0 Å². The Kier molecular flexibility index (Phi) is 5.87. The van der Waals surface area contributed by atoms with E-state index in [4.69, 9.17) is 9.72 Å². The number of likely N-dealkylation sites (tertiary alicyclic amines) is 1. The molecular formula is C25H29N7O3S. The summed E-state index contributed by atoms with van der Waals surface area (Å²) in [7, 11) is 0. The molecule has 6 rings (SSSR count). The predicted octanol–water partition coefficient (Wildman–Crippen LogP) is 3.00. The number of thiazole rings is 1.